The van der Waals surface area contributed by atoms with Crippen molar-refractivity contribution in [3.05, 3.63) is 40.6 Å². The summed E-state index contributed by atoms with van der Waals surface area (Å²) in [6.07, 6.45) is 19.4. The summed E-state index contributed by atoms with van der Waals surface area (Å²) in [6, 6.07) is 6.46. The second-order valence-corrected chi connectivity index (χ2v) is 10.1. The molecule has 3 nitrogen and oxygen atoms in total. The number of nitrogens with zero attached hydrogens (tertiary/aromatic N) is 2. The number of hydrogen-bond acceptors (Lipinski definition) is 3. The molecule has 3 rings (SSSR count). The first-order valence-electron chi connectivity index (χ1n) is 12.4. The number of hydrogen-bond donors (Lipinski definition) is 0. The maximum Gasteiger partial charge on any atom is 0.159 e. The van der Waals surface area contributed by atoms with Crippen LogP contribution in [0.15, 0.2) is 35.1 Å². The van der Waals surface area contributed by atoms with Gasteiger partial charge in [0.15, 0.2) is 11.6 Å². The molecule has 31 heavy (non-hydrogen) atoms. The molecule has 170 valence electrons. The lowest BCUT2D eigenvalue weighted by Crippen LogP contribution is -2.20. The molecule has 1 fully saturated rings. The Kier molecular flexibility index (Phi) is 10.3. The number of benzene rings is 1. The summed E-state index contributed by atoms with van der Waals surface area (Å²) in [6.45, 7) is 5.32. The third-order valence-corrected chi connectivity index (χ3v) is 7.40. The largest absolute Gasteiger partial charge is 0.490 e. The molecule has 1 aliphatic carbocycles. The highest BCUT2D eigenvalue weighted by molar-refractivity contribution is 9.10. The highest BCUT2D eigenvalue weighted by Crippen LogP contribution is 2.32. The highest BCUT2D eigenvalue weighted by atomic mass is 79.9. The van der Waals surface area contributed by atoms with Crippen molar-refractivity contribution in [1.82, 2.24) is 9.97 Å². The van der Waals surface area contributed by atoms with E-state index in [1.54, 1.807) is 0 Å². The second-order valence-electron chi connectivity index (χ2n) is 9.20. The Morgan fingerprint density at radius 3 is 2.26 bits per heavy atom. The van der Waals surface area contributed by atoms with Crippen LogP contribution in [0.25, 0.3) is 11.4 Å². The quantitative estimate of drug-likeness (QED) is 0.282. The van der Waals surface area contributed by atoms with Crippen LogP contribution in [0.1, 0.15) is 90.0 Å². The van der Waals surface area contributed by atoms with Gasteiger partial charge in [-0.25, -0.2) is 9.97 Å². The first kappa shape index (κ1) is 24.2. The molecule has 0 unspecified atom stereocenters. The minimum atomic E-state index is 0.679. The van der Waals surface area contributed by atoms with Crippen molar-refractivity contribution in [2.24, 2.45) is 11.8 Å². The van der Waals surface area contributed by atoms with Crippen molar-refractivity contribution in [2.75, 3.05) is 6.61 Å². The first-order chi connectivity index (χ1) is 15.2. The molecule has 4 heteroatoms. The van der Waals surface area contributed by atoms with Crippen LogP contribution >= 0.6 is 15.9 Å². The van der Waals surface area contributed by atoms with Gasteiger partial charge in [-0.3, -0.25) is 0 Å². The maximum atomic E-state index is 6.03. The third kappa shape index (κ3) is 7.89. The number of ether oxygens (including phenoxy) is 1. The van der Waals surface area contributed by atoms with Gasteiger partial charge in [-0.15, -0.1) is 0 Å². The van der Waals surface area contributed by atoms with Gasteiger partial charge < -0.3 is 4.74 Å². The maximum absolute atomic E-state index is 6.03. The molecule has 1 heterocycles. The molecule has 0 radical (unpaired) electrons. The van der Waals surface area contributed by atoms with Gasteiger partial charge in [-0.05, 0) is 49.1 Å². The average Bonchev–Trinajstić information content (AvgIpc) is 2.80. The van der Waals surface area contributed by atoms with Crippen LogP contribution in [-0.4, -0.2) is 16.6 Å². The van der Waals surface area contributed by atoms with Crippen molar-refractivity contribution in [1.29, 1.82) is 0 Å². The number of aryl methyl sites for hydroxylation is 1. The van der Waals surface area contributed by atoms with E-state index in [0.717, 1.165) is 40.6 Å². The lowest BCUT2D eigenvalue weighted by atomic mass is 9.80. The molecule has 1 aromatic carbocycles. The molecule has 0 bridgehead atoms. The van der Waals surface area contributed by atoms with Crippen LogP contribution in [-0.2, 0) is 6.42 Å². The van der Waals surface area contributed by atoms with E-state index in [-0.39, 0.29) is 0 Å². The Bertz CT molecular complexity index is 769. The average molecular weight is 488 g/mol. The molecule has 0 N–H and O–H groups in total. The summed E-state index contributed by atoms with van der Waals surface area (Å²) in [4.78, 5) is 9.11. The molecule has 0 spiro atoms. The molecule has 0 saturated heterocycles. The summed E-state index contributed by atoms with van der Waals surface area (Å²) in [5.41, 5.74) is 2.40. The molecule has 0 aliphatic heterocycles. The number of unbranched alkanes of at least 4 members (excludes halogenated alkanes) is 4. The van der Waals surface area contributed by atoms with Crippen LogP contribution in [0.2, 0.25) is 0 Å². The van der Waals surface area contributed by atoms with E-state index in [2.05, 4.69) is 57.9 Å². The third-order valence-electron chi connectivity index (χ3n) is 6.66. The predicted molar refractivity (Wildman–Crippen MR) is 133 cm³/mol. The molecule has 2 aromatic rings. The van der Waals surface area contributed by atoms with Crippen LogP contribution in [0.3, 0.4) is 0 Å². The van der Waals surface area contributed by atoms with Crippen molar-refractivity contribution in [3.63, 3.8) is 0 Å². The fourth-order valence-corrected chi connectivity index (χ4v) is 5.16. The van der Waals surface area contributed by atoms with Crippen molar-refractivity contribution >= 4 is 15.9 Å². The summed E-state index contributed by atoms with van der Waals surface area (Å²) < 4.78 is 7.18. The zero-order valence-electron chi connectivity index (χ0n) is 19.4. The minimum absolute atomic E-state index is 0.679. The van der Waals surface area contributed by atoms with E-state index in [1.165, 1.54) is 76.2 Å². The van der Waals surface area contributed by atoms with Crippen LogP contribution < -0.4 is 4.74 Å². The topological polar surface area (TPSA) is 35.0 Å². The van der Waals surface area contributed by atoms with E-state index in [0.29, 0.717) is 5.92 Å². The lowest BCUT2D eigenvalue weighted by molar-refractivity contribution is 0.177. The van der Waals surface area contributed by atoms with E-state index < -0.39 is 0 Å². The van der Waals surface area contributed by atoms with Crippen LogP contribution in [0, 0.1) is 11.8 Å². The predicted octanol–water partition coefficient (Wildman–Crippen LogP) is 8.40. The Hall–Kier alpha value is -1.42. The number of rotatable bonds is 12. The summed E-state index contributed by atoms with van der Waals surface area (Å²) >= 11 is 3.72. The normalized spacial score (nSPS) is 18.8. The highest BCUT2D eigenvalue weighted by Gasteiger charge is 2.21. The van der Waals surface area contributed by atoms with Gasteiger partial charge in [0.1, 0.15) is 0 Å². The molecular weight excluding hydrogens is 448 g/mol. The standard InChI is InChI=1S/C27H39BrN2O/c1-3-5-7-9-21-11-13-22(14-12-21)20-31-25-18-29-27(30-19-25)24-16-15-23(26(28)17-24)10-8-6-4-2/h15-19,21-22H,3-14,20H2,1-2H3/t21-,22-. The van der Waals surface area contributed by atoms with Gasteiger partial charge in [0.2, 0.25) is 0 Å². The number of halogens is 1. The monoisotopic (exact) mass is 486 g/mol. The second kappa shape index (κ2) is 13.2. The molecule has 1 aliphatic rings. The minimum Gasteiger partial charge on any atom is -0.490 e. The van der Waals surface area contributed by atoms with Crippen LogP contribution in [0.4, 0.5) is 0 Å². The van der Waals surface area contributed by atoms with Gasteiger partial charge >= 0.3 is 0 Å². The van der Waals surface area contributed by atoms with Gasteiger partial charge in [0, 0.05) is 10.0 Å². The number of aromatic nitrogens is 2. The lowest BCUT2D eigenvalue weighted by Gasteiger charge is -2.28. The van der Waals surface area contributed by atoms with E-state index >= 15 is 0 Å². The fraction of sp³-hybridized carbons (Fsp3) is 0.630. The van der Waals surface area contributed by atoms with Gasteiger partial charge in [-0.2, -0.15) is 0 Å². The van der Waals surface area contributed by atoms with Crippen LogP contribution in [0.5, 0.6) is 5.75 Å². The van der Waals surface area contributed by atoms with E-state index in [4.69, 9.17) is 4.74 Å². The van der Waals surface area contributed by atoms with Gasteiger partial charge in [0.05, 0.1) is 19.0 Å². The fourth-order valence-electron chi connectivity index (χ4n) is 4.58. The Morgan fingerprint density at radius 2 is 1.58 bits per heavy atom. The molecule has 0 amide bonds. The van der Waals surface area contributed by atoms with Gasteiger partial charge in [0.25, 0.3) is 0 Å². The summed E-state index contributed by atoms with van der Waals surface area (Å²) in [7, 11) is 0. The zero-order valence-corrected chi connectivity index (χ0v) is 21.0. The van der Waals surface area contributed by atoms with E-state index in [1.807, 2.05) is 12.4 Å². The molecular formula is C27H39BrN2O. The van der Waals surface area contributed by atoms with Gasteiger partial charge in [-0.1, -0.05) is 93.3 Å². The smallest absolute Gasteiger partial charge is 0.159 e. The SMILES string of the molecule is CCCCCc1ccc(-c2ncc(OC[C@H]3CC[C@H](CCCCC)CC3)cn2)cc1Br. The van der Waals surface area contributed by atoms with Crippen molar-refractivity contribution < 1.29 is 4.74 Å². The molecule has 0 atom stereocenters. The zero-order chi connectivity index (χ0) is 21.9. The van der Waals surface area contributed by atoms with Crippen molar-refractivity contribution in [2.45, 2.75) is 90.9 Å². The van der Waals surface area contributed by atoms with Crippen molar-refractivity contribution in [3.8, 4) is 17.1 Å². The first-order valence-corrected chi connectivity index (χ1v) is 13.2. The van der Waals surface area contributed by atoms with E-state index in [9.17, 15) is 0 Å². The Morgan fingerprint density at radius 1 is 0.903 bits per heavy atom. The Balaban J connectivity index is 1.45. The summed E-state index contributed by atoms with van der Waals surface area (Å²) in [5.74, 6) is 3.16. The summed E-state index contributed by atoms with van der Waals surface area (Å²) in [5, 5.41) is 0. The molecule has 1 saturated carbocycles. The Labute approximate surface area is 197 Å². The molecule has 1 aromatic heterocycles.